The van der Waals surface area contributed by atoms with Gasteiger partial charge in [0.1, 0.15) is 5.75 Å². The number of hydrogen-bond acceptors (Lipinski definition) is 2. The summed E-state index contributed by atoms with van der Waals surface area (Å²) >= 11 is 0. The van der Waals surface area contributed by atoms with Gasteiger partial charge in [-0.25, -0.2) is 0 Å². The van der Waals surface area contributed by atoms with Gasteiger partial charge in [0, 0.05) is 0 Å². The van der Waals surface area contributed by atoms with Crippen molar-refractivity contribution in [3.8, 4) is 5.75 Å². The lowest BCUT2D eigenvalue weighted by Gasteiger charge is -2.19. The molecule has 1 aliphatic carbocycles. The van der Waals surface area contributed by atoms with E-state index >= 15 is 0 Å². The third-order valence-corrected chi connectivity index (χ3v) is 3.34. The third-order valence-electron chi connectivity index (χ3n) is 3.34. The Balaban J connectivity index is 1.49. The number of epoxide rings is 1. The van der Waals surface area contributed by atoms with E-state index in [1.807, 2.05) is 30.3 Å². The molecule has 1 aromatic carbocycles. The monoisotopic (exact) mass is 204 g/mol. The number of ether oxygens (including phenoxy) is 2. The molecule has 2 nitrogen and oxygen atoms in total. The predicted octanol–water partition coefficient (Wildman–Crippen LogP) is 2.63. The van der Waals surface area contributed by atoms with Crippen LogP contribution in [0.3, 0.4) is 0 Å². The highest BCUT2D eigenvalue weighted by atomic mass is 16.6. The van der Waals surface area contributed by atoms with Crippen LogP contribution in [0.1, 0.15) is 19.3 Å². The number of fused-ring (bicyclic) bond motifs is 1. The molecule has 0 bridgehead atoms. The van der Waals surface area contributed by atoms with Crippen LogP contribution in [0.2, 0.25) is 0 Å². The second kappa shape index (κ2) is 3.86. The Labute approximate surface area is 90.2 Å². The zero-order valence-electron chi connectivity index (χ0n) is 8.76. The van der Waals surface area contributed by atoms with Crippen molar-refractivity contribution in [2.24, 2.45) is 5.92 Å². The van der Waals surface area contributed by atoms with Crippen LogP contribution in [0.5, 0.6) is 5.75 Å². The van der Waals surface area contributed by atoms with E-state index in [1.54, 1.807) is 0 Å². The highest BCUT2D eigenvalue weighted by molar-refractivity contribution is 5.20. The summed E-state index contributed by atoms with van der Waals surface area (Å²) < 4.78 is 11.3. The molecule has 2 heteroatoms. The van der Waals surface area contributed by atoms with Gasteiger partial charge in [0.05, 0.1) is 18.8 Å². The quantitative estimate of drug-likeness (QED) is 0.706. The Hall–Kier alpha value is -1.02. The molecule has 3 atom stereocenters. The molecule has 1 saturated heterocycles. The van der Waals surface area contributed by atoms with Crippen LogP contribution in [-0.4, -0.2) is 18.8 Å². The summed E-state index contributed by atoms with van der Waals surface area (Å²) in [6.45, 7) is 0.844. The number of hydrogen-bond donors (Lipinski definition) is 0. The fourth-order valence-corrected chi connectivity index (χ4v) is 2.37. The highest BCUT2D eigenvalue weighted by Gasteiger charge is 2.43. The molecule has 15 heavy (non-hydrogen) atoms. The summed E-state index contributed by atoms with van der Waals surface area (Å²) in [5.74, 6) is 1.67. The molecule has 3 unspecified atom stereocenters. The molecular formula is C13H16O2. The largest absolute Gasteiger partial charge is 0.493 e. The fourth-order valence-electron chi connectivity index (χ4n) is 2.37. The molecular weight excluding hydrogens is 188 g/mol. The first-order valence-corrected chi connectivity index (χ1v) is 5.75. The molecule has 0 radical (unpaired) electrons. The van der Waals surface area contributed by atoms with E-state index in [9.17, 15) is 0 Å². The number of benzene rings is 1. The van der Waals surface area contributed by atoms with Crippen molar-refractivity contribution < 1.29 is 9.47 Å². The zero-order chi connectivity index (χ0) is 10.1. The average Bonchev–Trinajstić information content (AvgIpc) is 3.06. The summed E-state index contributed by atoms with van der Waals surface area (Å²) in [5.41, 5.74) is 0. The van der Waals surface area contributed by atoms with Crippen LogP contribution in [-0.2, 0) is 4.74 Å². The normalized spacial score (nSPS) is 33.2. The molecule has 0 aromatic heterocycles. The summed E-state index contributed by atoms with van der Waals surface area (Å²) in [4.78, 5) is 0. The van der Waals surface area contributed by atoms with Crippen molar-refractivity contribution in [1.29, 1.82) is 0 Å². The summed E-state index contributed by atoms with van der Waals surface area (Å²) in [7, 11) is 0. The first-order chi connectivity index (χ1) is 7.42. The lowest BCUT2D eigenvalue weighted by atomic mass is 9.90. The number of rotatable bonds is 3. The van der Waals surface area contributed by atoms with E-state index in [0.717, 1.165) is 12.4 Å². The Morgan fingerprint density at radius 1 is 1.13 bits per heavy atom. The Bertz CT molecular complexity index is 323. The van der Waals surface area contributed by atoms with Crippen LogP contribution in [0, 0.1) is 5.92 Å². The molecule has 80 valence electrons. The molecule has 2 fully saturated rings. The smallest absolute Gasteiger partial charge is 0.119 e. The zero-order valence-corrected chi connectivity index (χ0v) is 8.76. The second-order valence-corrected chi connectivity index (χ2v) is 4.52. The SMILES string of the molecule is c1ccc(OCC2CCC3OC3C2)cc1. The van der Waals surface area contributed by atoms with Gasteiger partial charge in [-0.3, -0.25) is 0 Å². The van der Waals surface area contributed by atoms with Gasteiger partial charge in [0.2, 0.25) is 0 Å². The van der Waals surface area contributed by atoms with Crippen molar-refractivity contribution >= 4 is 0 Å². The van der Waals surface area contributed by atoms with Crippen molar-refractivity contribution in [3.63, 3.8) is 0 Å². The molecule has 2 aliphatic rings. The van der Waals surface area contributed by atoms with Gasteiger partial charge in [0.15, 0.2) is 0 Å². The molecule has 1 aliphatic heterocycles. The van der Waals surface area contributed by atoms with E-state index in [2.05, 4.69) is 0 Å². The fraction of sp³-hybridized carbons (Fsp3) is 0.538. The lowest BCUT2D eigenvalue weighted by Crippen LogP contribution is -2.19. The Morgan fingerprint density at radius 3 is 2.80 bits per heavy atom. The topological polar surface area (TPSA) is 21.8 Å². The Morgan fingerprint density at radius 2 is 2.00 bits per heavy atom. The highest BCUT2D eigenvalue weighted by Crippen LogP contribution is 2.39. The summed E-state index contributed by atoms with van der Waals surface area (Å²) in [5, 5.41) is 0. The minimum atomic E-state index is 0.558. The Kier molecular flexibility index (Phi) is 2.37. The third kappa shape index (κ3) is 2.15. The van der Waals surface area contributed by atoms with E-state index in [-0.39, 0.29) is 0 Å². The van der Waals surface area contributed by atoms with E-state index in [4.69, 9.17) is 9.47 Å². The van der Waals surface area contributed by atoms with E-state index < -0.39 is 0 Å². The number of para-hydroxylation sites is 1. The molecule has 1 saturated carbocycles. The molecule has 1 aromatic rings. The first-order valence-electron chi connectivity index (χ1n) is 5.75. The maximum Gasteiger partial charge on any atom is 0.119 e. The van der Waals surface area contributed by atoms with Crippen molar-refractivity contribution in [1.82, 2.24) is 0 Å². The molecule has 3 rings (SSSR count). The van der Waals surface area contributed by atoms with Gasteiger partial charge in [-0.2, -0.15) is 0 Å². The summed E-state index contributed by atoms with van der Waals surface area (Å²) in [6, 6.07) is 10.1. The predicted molar refractivity (Wildman–Crippen MR) is 57.9 cm³/mol. The molecule has 0 N–H and O–H groups in total. The summed E-state index contributed by atoms with van der Waals surface area (Å²) in [6.07, 6.45) is 4.83. The maximum atomic E-state index is 5.76. The van der Waals surface area contributed by atoms with Crippen LogP contribution in [0.25, 0.3) is 0 Å². The van der Waals surface area contributed by atoms with Crippen LogP contribution in [0.4, 0.5) is 0 Å². The van der Waals surface area contributed by atoms with Gasteiger partial charge in [-0.05, 0) is 37.3 Å². The van der Waals surface area contributed by atoms with Gasteiger partial charge < -0.3 is 9.47 Å². The van der Waals surface area contributed by atoms with Crippen molar-refractivity contribution in [2.45, 2.75) is 31.5 Å². The van der Waals surface area contributed by atoms with Gasteiger partial charge >= 0.3 is 0 Å². The maximum absolute atomic E-state index is 5.76. The van der Waals surface area contributed by atoms with Crippen molar-refractivity contribution in [3.05, 3.63) is 30.3 Å². The second-order valence-electron chi connectivity index (χ2n) is 4.52. The first kappa shape index (κ1) is 9.22. The van der Waals surface area contributed by atoms with Crippen LogP contribution < -0.4 is 4.74 Å². The van der Waals surface area contributed by atoms with Crippen LogP contribution >= 0.6 is 0 Å². The molecule has 0 spiro atoms. The minimum absolute atomic E-state index is 0.558. The standard InChI is InChI=1S/C13H16O2/c1-2-4-11(5-3-1)14-9-10-6-7-12-13(8-10)15-12/h1-5,10,12-13H,6-9H2. The molecule has 0 amide bonds. The van der Waals surface area contributed by atoms with Crippen molar-refractivity contribution in [2.75, 3.05) is 6.61 Å². The minimum Gasteiger partial charge on any atom is -0.493 e. The van der Waals surface area contributed by atoms with E-state index in [0.29, 0.717) is 18.1 Å². The van der Waals surface area contributed by atoms with Gasteiger partial charge in [-0.15, -0.1) is 0 Å². The van der Waals surface area contributed by atoms with E-state index in [1.165, 1.54) is 19.3 Å². The van der Waals surface area contributed by atoms with Crippen LogP contribution in [0.15, 0.2) is 30.3 Å². The van der Waals surface area contributed by atoms with Gasteiger partial charge in [0.25, 0.3) is 0 Å². The average molecular weight is 204 g/mol. The lowest BCUT2D eigenvalue weighted by molar-refractivity contribution is 0.217. The molecule has 1 heterocycles. The van der Waals surface area contributed by atoms with Gasteiger partial charge in [-0.1, -0.05) is 18.2 Å².